The molecule has 0 bridgehead atoms. The number of carbonyl (C=O) groups excluding carboxylic acids is 1. The number of hydrogen-bond donors (Lipinski definition) is 2. The van der Waals surface area contributed by atoms with Crippen LogP contribution in [0.3, 0.4) is 0 Å². The minimum absolute atomic E-state index is 0. The van der Waals surface area contributed by atoms with Crippen LogP contribution in [0, 0.1) is 0 Å². The first kappa shape index (κ1) is 21.1. The molecule has 0 aliphatic carbocycles. The Labute approximate surface area is 188 Å². The van der Waals surface area contributed by atoms with E-state index in [1.807, 2.05) is 43.4 Å². The lowest BCUT2D eigenvalue weighted by Crippen LogP contribution is -2.21. The van der Waals surface area contributed by atoms with Gasteiger partial charge in [0, 0.05) is 40.2 Å². The van der Waals surface area contributed by atoms with Crippen LogP contribution in [0.5, 0.6) is 0 Å². The predicted octanol–water partition coefficient (Wildman–Crippen LogP) is 3.36. The zero-order valence-electron chi connectivity index (χ0n) is 18.0. The van der Waals surface area contributed by atoms with Crippen molar-refractivity contribution >= 4 is 11.7 Å². The lowest BCUT2D eigenvalue weighted by atomic mass is 10.1. The molecule has 4 aromatic rings. The van der Waals surface area contributed by atoms with Crippen LogP contribution in [-0.4, -0.2) is 52.1 Å². The summed E-state index contributed by atoms with van der Waals surface area (Å²) in [5.41, 5.74) is 10.2. The van der Waals surface area contributed by atoms with Crippen LogP contribution < -0.4 is 11.1 Å². The Hall–Kier alpha value is -4.11. The summed E-state index contributed by atoms with van der Waals surface area (Å²) in [4.78, 5) is 22.4. The molecule has 2 aromatic heterocycles. The van der Waals surface area contributed by atoms with E-state index in [1.54, 1.807) is 32.4 Å². The van der Waals surface area contributed by atoms with Crippen LogP contribution in [0.15, 0.2) is 59.1 Å². The van der Waals surface area contributed by atoms with Gasteiger partial charge >= 0.3 is 0 Å². The topological polar surface area (TPSA) is 123 Å². The van der Waals surface area contributed by atoms with Gasteiger partial charge in [0.15, 0.2) is 11.5 Å². The first-order chi connectivity index (χ1) is 15.5. The first-order valence-corrected chi connectivity index (χ1v) is 9.98. The number of hydrogen-bond acceptors (Lipinski definition) is 8. The normalized spacial score (nSPS) is 10.8. The molecule has 4 rings (SSSR count). The van der Waals surface area contributed by atoms with E-state index in [9.17, 15) is 4.79 Å². The molecule has 9 heteroatoms. The van der Waals surface area contributed by atoms with Gasteiger partial charge in [0.25, 0.3) is 11.8 Å². The van der Waals surface area contributed by atoms with E-state index in [0.29, 0.717) is 22.8 Å². The van der Waals surface area contributed by atoms with E-state index in [4.69, 9.17) is 10.2 Å². The van der Waals surface area contributed by atoms with Gasteiger partial charge in [-0.05, 0) is 36.9 Å². The summed E-state index contributed by atoms with van der Waals surface area (Å²) in [6, 6.07) is 15.0. The van der Waals surface area contributed by atoms with Crippen molar-refractivity contribution in [3.05, 3.63) is 65.9 Å². The number of nitrogen functional groups attached to an aromatic ring is 1. The van der Waals surface area contributed by atoms with E-state index in [0.717, 1.165) is 23.2 Å². The molecule has 0 unspecified atom stereocenters. The SMILES string of the molecule is CNCc1ccc(-c2nnc(-c3nc(-c4ccc(C(=O)N(C)C)cc4)cnc3N)o2)cc1.[HH].[HH]. The molecule has 2 heterocycles. The molecule has 166 valence electrons. The summed E-state index contributed by atoms with van der Waals surface area (Å²) in [5, 5.41) is 11.4. The maximum absolute atomic E-state index is 12.1. The van der Waals surface area contributed by atoms with Crippen molar-refractivity contribution in [3.8, 4) is 34.3 Å². The van der Waals surface area contributed by atoms with Gasteiger partial charge in [-0.2, -0.15) is 0 Å². The van der Waals surface area contributed by atoms with Crippen molar-refractivity contribution in [2.24, 2.45) is 0 Å². The smallest absolute Gasteiger partial charge is 0.270 e. The first-order valence-electron chi connectivity index (χ1n) is 9.98. The number of nitrogens with zero attached hydrogens (tertiary/aromatic N) is 5. The van der Waals surface area contributed by atoms with Crippen LogP contribution in [-0.2, 0) is 6.54 Å². The highest BCUT2D eigenvalue weighted by Gasteiger charge is 2.17. The second-order valence-corrected chi connectivity index (χ2v) is 7.41. The summed E-state index contributed by atoms with van der Waals surface area (Å²) in [6.07, 6.45) is 1.57. The summed E-state index contributed by atoms with van der Waals surface area (Å²) in [6.45, 7) is 0.776. The molecule has 0 fully saturated rings. The highest BCUT2D eigenvalue weighted by molar-refractivity contribution is 5.94. The fraction of sp³-hybridized carbons (Fsp3) is 0.174. The molecule has 32 heavy (non-hydrogen) atoms. The average molecular weight is 434 g/mol. The number of rotatable bonds is 6. The molecule has 0 spiro atoms. The zero-order chi connectivity index (χ0) is 22.7. The Morgan fingerprint density at radius 3 is 2.34 bits per heavy atom. The highest BCUT2D eigenvalue weighted by atomic mass is 16.4. The molecule has 1 amide bonds. The van der Waals surface area contributed by atoms with Crippen LogP contribution in [0.1, 0.15) is 18.8 Å². The highest BCUT2D eigenvalue weighted by Crippen LogP contribution is 2.28. The lowest BCUT2D eigenvalue weighted by Gasteiger charge is -2.10. The number of aromatic nitrogens is 4. The lowest BCUT2D eigenvalue weighted by molar-refractivity contribution is 0.0827. The monoisotopic (exact) mass is 433 g/mol. The quantitative estimate of drug-likeness (QED) is 0.474. The minimum Gasteiger partial charge on any atom is -0.414 e. The second-order valence-electron chi connectivity index (χ2n) is 7.41. The number of nitrogens with one attached hydrogen (secondary N) is 1. The molecule has 0 aliphatic heterocycles. The Morgan fingerprint density at radius 1 is 1.03 bits per heavy atom. The van der Waals surface area contributed by atoms with E-state index >= 15 is 0 Å². The maximum atomic E-state index is 12.1. The number of amides is 1. The van der Waals surface area contributed by atoms with E-state index in [1.165, 1.54) is 4.90 Å². The molecular weight excluding hydrogens is 406 g/mol. The van der Waals surface area contributed by atoms with Gasteiger partial charge in [0.1, 0.15) is 0 Å². The molecule has 3 N–H and O–H groups in total. The maximum Gasteiger partial charge on any atom is 0.270 e. The third-order valence-corrected chi connectivity index (χ3v) is 4.84. The molecule has 9 nitrogen and oxygen atoms in total. The molecular formula is C23H27N7O2. The van der Waals surface area contributed by atoms with E-state index < -0.39 is 0 Å². The van der Waals surface area contributed by atoms with Gasteiger partial charge in [-0.1, -0.05) is 24.3 Å². The summed E-state index contributed by atoms with van der Waals surface area (Å²) >= 11 is 0. The van der Waals surface area contributed by atoms with Gasteiger partial charge in [-0.25, -0.2) is 9.97 Å². The van der Waals surface area contributed by atoms with Crippen LogP contribution in [0.4, 0.5) is 5.82 Å². The average Bonchev–Trinajstić information content (AvgIpc) is 3.30. The van der Waals surface area contributed by atoms with Crippen molar-refractivity contribution in [2.45, 2.75) is 6.54 Å². The number of nitrogens with two attached hydrogens (primary N) is 1. The Morgan fingerprint density at radius 2 is 1.69 bits per heavy atom. The van der Waals surface area contributed by atoms with Crippen molar-refractivity contribution in [1.82, 2.24) is 30.4 Å². The fourth-order valence-electron chi connectivity index (χ4n) is 3.14. The zero-order valence-corrected chi connectivity index (χ0v) is 18.0. The summed E-state index contributed by atoms with van der Waals surface area (Å²) in [5.74, 6) is 0.672. The van der Waals surface area contributed by atoms with Crippen molar-refractivity contribution in [2.75, 3.05) is 26.9 Å². The van der Waals surface area contributed by atoms with E-state index in [-0.39, 0.29) is 20.5 Å². The van der Waals surface area contributed by atoms with Crippen LogP contribution in [0.2, 0.25) is 0 Å². The standard InChI is InChI=1S/C23H23N7O2.2H2/c1-25-12-14-4-6-16(7-5-14)21-28-29-22(32-21)19-20(24)26-13-18(27-19)15-8-10-17(11-9-15)23(31)30(2)3;;/h4-11,13,25H,12H2,1-3H3,(H2,24,26);2*1H. The number of carbonyl (C=O) groups is 1. The fourth-order valence-corrected chi connectivity index (χ4v) is 3.14. The summed E-state index contributed by atoms with van der Waals surface area (Å²) in [7, 11) is 5.32. The van der Waals surface area contributed by atoms with Crippen molar-refractivity contribution in [3.63, 3.8) is 0 Å². The number of benzene rings is 2. The second kappa shape index (κ2) is 8.94. The molecule has 0 radical (unpaired) electrons. The molecule has 0 atom stereocenters. The van der Waals surface area contributed by atoms with E-state index in [2.05, 4.69) is 25.5 Å². The molecule has 0 saturated heterocycles. The Balaban J connectivity index is 0.00000204. The van der Waals surface area contributed by atoms with Gasteiger partial charge in [-0.15, -0.1) is 10.2 Å². The van der Waals surface area contributed by atoms with Crippen LogP contribution >= 0.6 is 0 Å². The minimum atomic E-state index is -0.0713. The molecule has 2 aromatic carbocycles. The summed E-state index contributed by atoms with van der Waals surface area (Å²) < 4.78 is 5.83. The van der Waals surface area contributed by atoms with Crippen molar-refractivity contribution in [1.29, 1.82) is 0 Å². The predicted molar refractivity (Wildman–Crippen MR) is 126 cm³/mol. The van der Waals surface area contributed by atoms with Gasteiger partial charge in [0.2, 0.25) is 5.89 Å². The van der Waals surface area contributed by atoms with Crippen molar-refractivity contribution < 1.29 is 12.1 Å². The third kappa shape index (κ3) is 4.33. The third-order valence-electron chi connectivity index (χ3n) is 4.84. The van der Waals surface area contributed by atoms with Crippen LogP contribution in [0.25, 0.3) is 34.3 Å². The number of anilines is 1. The molecule has 0 aliphatic rings. The van der Waals surface area contributed by atoms with Gasteiger partial charge < -0.3 is 20.4 Å². The Kier molecular flexibility index (Phi) is 5.91. The largest absolute Gasteiger partial charge is 0.414 e. The van der Waals surface area contributed by atoms with Gasteiger partial charge in [0.05, 0.1) is 11.9 Å². The molecule has 0 saturated carbocycles. The van der Waals surface area contributed by atoms with Gasteiger partial charge in [-0.3, -0.25) is 4.79 Å². The Bertz CT molecular complexity index is 1240.